The first-order valence-corrected chi connectivity index (χ1v) is 6.72. The maximum atomic E-state index is 12.2. The molecule has 1 unspecified atom stereocenters. The van der Waals surface area contributed by atoms with E-state index in [1.807, 2.05) is 0 Å². The molecule has 0 spiro atoms. The van der Waals surface area contributed by atoms with Crippen molar-refractivity contribution < 1.29 is 13.2 Å². The summed E-state index contributed by atoms with van der Waals surface area (Å²) in [6.45, 7) is 0.727. The molecule has 0 saturated carbocycles. The zero-order valence-corrected chi connectivity index (χ0v) is 11.7. The van der Waals surface area contributed by atoms with Gasteiger partial charge < -0.3 is 5.32 Å². The maximum absolute atomic E-state index is 12.2. The van der Waals surface area contributed by atoms with Crippen molar-refractivity contribution >= 4 is 21.9 Å². The summed E-state index contributed by atoms with van der Waals surface area (Å²) in [4.78, 5) is 9.55. The van der Waals surface area contributed by atoms with Crippen LogP contribution in [0.4, 0.5) is 19.1 Å². The molecule has 1 atom stereocenters. The van der Waals surface area contributed by atoms with Crippen LogP contribution in [0.1, 0.15) is 6.42 Å². The fourth-order valence-corrected chi connectivity index (χ4v) is 2.32. The molecule has 4 nitrogen and oxygen atoms in total. The van der Waals surface area contributed by atoms with Crippen molar-refractivity contribution in [2.45, 2.75) is 12.6 Å². The lowest BCUT2D eigenvalue weighted by molar-refractivity contribution is -0.143. The minimum absolute atomic E-state index is 0.203. The molecule has 1 N–H and O–H groups in total. The van der Waals surface area contributed by atoms with Crippen LogP contribution in [0.3, 0.4) is 0 Å². The first-order chi connectivity index (χ1) is 8.92. The van der Waals surface area contributed by atoms with Crippen LogP contribution in [0.2, 0.25) is 0 Å². The maximum Gasteiger partial charge on any atom is 0.401 e. The Hall–Kier alpha value is -0.890. The number of likely N-dealkylation sites (tertiary alicyclic amines) is 1. The van der Waals surface area contributed by atoms with Gasteiger partial charge in [0, 0.05) is 25.5 Å². The number of nitrogens with zero attached hydrogens (tertiary/aromatic N) is 3. The lowest BCUT2D eigenvalue weighted by Crippen LogP contribution is -2.33. The number of aromatic nitrogens is 2. The van der Waals surface area contributed by atoms with E-state index in [-0.39, 0.29) is 5.92 Å². The number of hydrogen-bond donors (Lipinski definition) is 1. The van der Waals surface area contributed by atoms with Gasteiger partial charge in [-0.05, 0) is 34.8 Å². The topological polar surface area (TPSA) is 41.0 Å². The van der Waals surface area contributed by atoms with E-state index in [1.54, 1.807) is 12.4 Å². The van der Waals surface area contributed by atoms with E-state index in [0.29, 0.717) is 25.6 Å². The van der Waals surface area contributed by atoms with Crippen LogP contribution in [-0.2, 0) is 0 Å². The molecule has 1 aliphatic heterocycles. The monoisotopic (exact) mass is 338 g/mol. The van der Waals surface area contributed by atoms with Gasteiger partial charge in [0.15, 0.2) is 0 Å². The minimum Gasteiger partial charge on any atom is -0.354 e. The van der Waals surface area contributed by atoms with E-state index >= 15 is 0 Å². The third-order valence-electron chi connectivity index (χ3n) is 2.94. The number of hydrogen-bond acceptors (Lipinski definition) is 4. The largest absolute Gasteiger partial charge is 0.401 e. The third-order valence-corrected chi connectivity index (χ3v) is 3.35. The Morgan fingerprint density at radius 2 is 2.05 bits per heavy atom. The second-order valence-electron chi connectivity index (χ2n) is 4.61. The molecule has 0 amide bonds. The van der Waals surface area contributed by atoms with Crippen molar-refractivity contribution in [2.24, 2.45) is 5.92 Å². The highest BCUT2D eigenvalue weighted by Gasteiger charge is 2.34. The summed E-state index contributed by atoms with van der Waals surface area (Å²) >= 11 is 3.23. The van der Waals surface area contributed by atoms with Crippen molar-refractivity contribution in [3.8, 4) is 0 Å². The fourth-order valence-electron chi connectivity index (χ4n) is 2.12. The van der Waals surface area contributed by atoms with Crippen LogP contribution < -0.4 is 5.32 Å². The van der Waals surface area contributed by atoms with Gasteiger partial charge in [-0.25, -0.2) is 9.97 Å². The molecule has 1 aromatic rings. The molecule has 8 heteroatoms. The van der Waals surface area contributed by atoms with Gasteiger partial charge in [-0.3, -0.25) is 4.90 Å². The molecule has 1 saturated heterocycles. The lowest BCUT2D eigenvalue weighted by atomic mass is 10.1. The van der Waals surface area contributed by atoms with Crippen molar-refractivity contribution in [1.29, 1.82) is 0 Å². The fraction of sp³-hybridized carbons (Fsp3) is 0.636. The second kappa shape index (κ2) is 6.04. The van der Waals surface area contributed by atoms with E-state index in [0.717, 1.165) is 10.9 Å². The molecule has 0 radical (unpaired) electrons. The van der Waals surface area contributed by atoms with E-state index in [1.165, 1.54) is 4.90 Å². The van der Waals surface area contributed by atoms with Crippen LogP contribution >= 0.6 is 15.9 Å². The highest BCUT2D eigenvalue weighted by molar-refractivity contribution is 9.10. The Labute approximate surface area is 117 Å². The molecular formula is C11H14BrF3N4. The van der Waals surface area contributed by atoms with Crippen molar-refractivity contribution in [3.63, 3.8) is 0 Å². The third kappa shape index (κ3) is 4.94. The van der Waals surface area contributed by atoms with Gasteiger partial charge in [0.2, 0.25) is 5.95 Å². The first-order valence-electron chi connectivity index (χ1n) is 5.93. The number of rotatable bonds is 4. The van der Waals surface area contributed by atoms with Crippen molar-refractivity contribution in [1.82, 2.24) is 14.9 Å². The molecule has 19 heavy (non-hydrogen) atoms. The van der Waals surface area contributed by atoms with Crippen LogP contribution in [0.5, 0.6) is 0 Å². The molecule has 0 bridgehead atoms. The van der Waals surface area contributed by atoms with Gasteiger partial charge in [0.25, 0.3) is 0 Å². The van der Waals surface area contributed by atoms with Gasteiger partial charge >= 0.3 is 6.18 Å². The van der Waals surface area contributed by atoms with E-state index in [2.05, 4.69) is 31.2 Å². The van der Waals surface area contributed by atoms with Gasteiger partial charge in [0.05, 0.1) is 11.0 Å². The molecule has 1 aromatic heterocycles. The van der Waals surface area contributed by atoms with Gasteiger partial charge in [-0.15, -0.1) is 0 Å². The smallest absolute Gasteiger partial charge is 0.354 e. The molecule has 106 valence electrons. The normalized spacial score (nSPS) is 20.7. The summed E-state index contributed by atoms with van der Waals surface area (Å²) in [6.07, 6.45) is -0.101. The Morgan fingerprint density at radius 1 is 1.37 bits per heavy atom. The van der Waals surface area contributed by atoms with E-state index < -0.39 is 12.7 Å². The Bertz CT molecular complexity index is 409. The van der Waals surface area contributed by atoms with Gasteiger partial charge in [-0.2, -0.15) is 13.2 Å². The summed E-state index contributed by atoms with van der Waals surface area (Å²) in [5.41, 5.74) is 0. The summed E-state index contributed by atoms with van der Waals surface area (Å²) < 4.78 is 37.5. The standard InChI is InChI=1S/C11H14BrF3N4/c12-9-4-17-10(18-5-9)16-3-8-1-2-19(6-8)7-11(13,14)15/h4-5,8H,1-3,6-7H2,(H,16,17,18). The number of alkyl halides is 3. The number of anilines is 1. The van der Waals surface area contributed by atoms with Gasteiger partial charge in [0.1, 0.15) is 0 Å². The number of nitrogens with one attached hydrogen (secondary N) is 1. The van der Waals surface area contributed by atoms with Crippen LogP contribution in [0, 0.1) is 5.92 Å². The minimum atomic E-state index is -4.11. The molecule has 1 aliphatic rings. The molecular weight excluding hydrogens is 325 g/mol. The van der Waals surface area contributed by atoms with Crippen molar-refractivity contribution in [3.05, 3.63) is 16.9 Å². The Morgan fingerprint density at radius 3 is 2.68 bits per heavy atom. The molecule has 1 fully saturated rings. The Balaban J connectivity index is 1.75. The lowest BCUT2D eigenvalue weighted by Gasteiger charge is -2.17. The summed E-state index contributed by atoms with van der Waals surface area (Å²) in [6, 6.07) is 0. The van der Waals surface area contributed by atoms with Crippen molar-refractivity contribution in [2.75, 3.05) is 31.5 Å². The second-order valence-corrected chi connectivity index (χ2v) is 5.53. The van der Waals surface area contributed by atoms with Crippen LogP contribution in [0.25, 0.3) is 0 Å². The average molecular weight is 339 g/mol. The van der Waals surface area contributed by atoms with Gasteiger partial charge in [-0.1, -0.05) is 0 Å². The summed E-state index contributed by atoms with van der Waals surface area (Å²) in [5, 5.41) is 3.05. The molecule has 0 aliphatic carbocycles. The highest BCUT2D eigenvalue weighted by Crippen LogP contribution is 2.22. The van der Waals surface area contributed by atoms with E-state index in [9.17, 15) is 13.2 Å². The summed E-state index contributed by atoms with van der Waals surface area (Å²) in [5.74, 6) is 0.701. The average Bonchev–Trinajstić information content (AvgIpc) is 2.73. The molecule has 2 heterocycles. The number of halogens is 4. The van der Waals surface area contributed by atoms with Crippen LogP contribution in [0.15, 0.2) is 16.9 Å². The highest BCUT2D eigenvalue weighted by atomic mass is 79.9. The zero-order chi connectivity index (χ0) is 13.9. The predicted octanol–water partition coefficient (Wildman–Crippen LogP) is 2.54. The quantitative estimate of drug-likeness (QED) is 0.915. The molecule has 2 rings (SSSR count). The Kier molecular flexibility index (Phi) is 4.62. The van der Waals surface area contributed by atoms with E-state index in [4.69, 9.17) is 0 Å². The SMILES string of the molecule is FC(F)(F)CN1CCC(CNc2ncc(Br)cn2)C1. The zero-order valence-electron chi connectivity index (χ0n) is 10.1. The van der Waals surface area contributed by atoms with Crippen LogP contribution in [-0.4, -0.2) is 47.2 Å². The molecule has 0 aromatic carbocycles. The summed E-state index contributed by atoms with van der Waals surface area (Å²) in [7, 11) is 0. The predicted molar refractivity (Wildman–Crippen MR) is 68.8 cm³/mol. The first kappa shape index (κ1) is 14.5.